The van der Waals surface area contributed by atoms with Crippen molar-refractivity contribution in [3.8, 4) is 0 Å². The number of hydrogen-bond acceptors (Lipinski definition) is 4. The van der Waals surface area contributed by atoms with Gasteiger partial charge in [-0.3, -0.25) is 4.79 Å². The van der Waals surface area contributed by atoms with E-state index in [0.717, 1.165) is 17.3 Å². The van der Waals surface area contributed by atoms with Crippen molar-refractivity contribution in [1.29, 1.82) is 0 Å². The minimum atomic E-state index is -1.12. The summed E-state index contributed by atoms with van der Waals surface area (Å²) in [6, 6.07) is 0.372. The number of methoxy groups -OCH3 is 1. The largest absolute Gasteiger partial charge is 0.467 e. The van der Waals surface area contributed by atoms with Gasteiger partial charge in [0.05, 0.1) is 17.5 Å². The van der Waals surface area contributed by atoms with Crippen molar-refractivity contribution in [3.05, 3.63) is 23.0 Å². The Morgan fingerprint density at radius 1 is 1.42 bits per heavy atom. The van der Waals surface area contributed by atoms with Crippen LogP contribution in [0.4, 0.5) is 0 Å². The fraction of sp³-hybridized carbons (Fsp3) is 0.625. The summed E-state index contributed by atoms with van der Waals surface area (Å²) < 4.78 is 12.5. The quantitative estimate of drug-likeness (QED) is 0.335. The molecule has 0 saturated carbocycles. The summed E-state index contributed by atoms with van der Waals surface area (Å²) >= 11 is 3.51. The Labute approximate surface area is 152 Å². The number of ether oxygens (including phenoxy) is 2. The van der Waals surface area contributed by atoms with E-state index in [9.17, 15) is 9.59 Å². The molecule has 6 nitrogen and oxygen atoms in total. The maximum Gasteiger partial charge on any atom is 0.329 e. The van der Waals surface area contributed by atoms with Crippen LogP contribution in [0, 0.1) is 6.92 Å². The number of carbonyl (C=O) groups excluding carboxylic acids is 2. The minimum absolute atomic E-state index is 0.255. The lowest BCUT2D eigenvalue weighted by Crippen LogP contribution is -2.47. The smallest absolute Gasteiger partial charge is 0.329 e. The fourth-order valence-electron chi connectivity index (χ4n) is 2.63. The summed E-state index contributed by atoms with van der Waals surface area (Å²) in [6.07, 6.45) is 1.88. The third-order valence-electron chi connectivity index (χ3n) is 4.16. The molecule has 0 fully saturated rings. The standard InChI is InChI=1S/C16H25BrN2O4Si/c1-10-12-11(8-19(10)9-23-6-7-24(3,4)5)13(17)14(16(21)22-2)18-15(12)20/h8,13-14H,6-7,9H2,1-5H3,(H,18,20). The molecule has 2 rings (SSSR count). The zero-order valence-corrected chi connectivity index (χ0v) is 17.4. The predicted octanol–water partition coefficient (Wildman–Crippen LogP) is 2.83. The lowest BCUT2D eigenvalue weighted by atomic mass is 9.98. The number of aromatic nitrogens is 1. The highest BCUT2D eigenvalue weighted by atomic mass is 79.9. The average Bonchev–Trinajstić information content (AvgIpc) is 2.83. The average molecular weight is 417 g/mol. The van der Waals surface area contributed by atoms with E-state index in [0.29, 0.717) is 18.9 Å². The second kappa shape index (κ2) is 7.41. The van der Waals surface area contributed by atoms with Crippen LogP contribution in [0.3, 0.4) is 0 Å². The third kappa shape index (κ3) is 4.10. The molecular weight excluding hydrogens is 392 g/mol. The highest BCUT2D eigenvalue weighted by molar-refractivity contribution is 9.09. The van der Waals surface area contributed by atoms with Crippen molar-refractivity contribution in [3.63, 3.8) is 0 Å². The summed E-state index contributed by atoms with van der Waals surface area (Å²) in [5, 5.41) is 2.71. The van der Waals surface area contributed by atoms with Gasteiger partial charge in [0.25, 0.3) is 5.91 Å². The predicted molar refractivity (Wildman–Crippen MR) is 98.2 cm³/mol. The molecule has 0 saturated heterocycles. The van der Waals surface area contributed by atoms with Crippen LogP contribution in [0.15, 0.2) is 6.20 Å². The summed E-state index contributed by atoms with van der Waals surface area (Å²) in [6.45, 7) is 9.93. The first-order chi connectivity index (χ1) is 11.2. The SMILES string of the molecule is COC(=O)C1NC(=O)c2c(cn(COCC[Si](C)(C)C)c2C)C1Br. The van der Waals surface area contributed by atoms with Crippen LogP contribution >= 0.6 is 15.9 Å². The van der Waals surface area contributed by atoms with Crippen molar-refractivity contribution in [2.24, 2.45) is 0 Å². The third-order valence-corrected chi connectivity index (χ3v) is 6.89. The maximum atomic E-state index is 12.4. The second-order valence-corrected chi connectivity index (χ2v) is 13.8. The van der Waals surface area contributed by atoms with Gasteiger partial charge < -0.3 is 19.4 Å². The first-order valence-corrected chi connectivity index (χ1v) is 12.6. The van der Waals surface area contributed by atoms with Gasteiger partial charge in [-0.1, -0.05) is 35.6 Å². The van der Waals surface area contributed by atoms with Crippen molar-refractivity contribution < 1.29 is 19.1 Å². The van der Waals surface area contributed by atoms with E-state index in [1.807, 2.05) is 17.7 Å². The molecule has 8 heteroatoms. The molecule has 1 N–H and O–H groups in total. The van der Waals surface area contributed by atoms with Crippen LogP contribution in [0.5, 0.6) is 0 Å². The zero-order chi connectivity index (χ0) is 18.1. The number of esters is 1. The first kappa shape index (κ1) is 19.2. The van der Waals surface area contributed by atoms with Gasteiger partial charge in [-0.2, -0.15) is 0 Å². The van der Waals surface area contributed by atoms with Gasteiger partial charge in [0, 0.05) is 26.6 Å². The molecule has 1 amide bonds. The number of hydrogen-bond donors (Lipinski definition) is 1. The Morgan fingerprint density at radius 2 is 2.08 bits per heavy atom. The summed E-state index contributed by atoms with van der Waals surface area (Å²) in [5.74, 6) is -0.720. The van der Waals surface area contributed by atoms with Crippen molar-refractivity contribution in [1.82, 2.24) is 9.88 Å². The van der Waals surface area contributed by atoms with E-state index in [4.69, 9.17) is 9.47 Å². The topological polar surface area (TPSA) is 69.6 Å². The highest BCUT2D eigenvalue weighted by Gasteiger charge is 2.39. The van der Waals surface area contributed by atoms with Crippen molar-refractivity contribution in [2.45, 2.75) is 50.2 Å². The molecule has 2 unspecified atom stereocenters. The maximum absolute atomic E-state index is 12.4. The van der Waals surface area contributed by atoms with Crippen LogP contribution in [-0.2, 0) is 21.0 Å². The van der Waals surface area contributed by atoms with E-state index in [1.54, 1.807) is 0 Å². The Balaban J connectivity index is 2.14. The number of rotatable bonds is 6. The van der Waals surface area contributed by atoms with E-state index >= 15 is 0 Å². The molecule has 2 heterocycles. The van der Waals surface area contributed by atoms with Crippen molar-refractivity contribution >= 4 is 35.9 Å². The van der Waals surface area contributed by atoms with Gasteiger partial charge >= 0.3 is 5.97 Å². The zero-order valence-electron chi connectivity index (χ0n) is 14.8. The Hall–Kier alpha value is -1.12. The van der Waals surface area contributed by atoms with E-state index in [2.05, 4.69) is 40.9 Å². The molecule has 0 aromatic carbocycles. The normalized spacial score (nSPS) is 20.5. The van der Waals surface area contributed by atoms with Crippen LogP contribution in [-0.4, -0.2) is 44.3 Å². The van der Waals surface area contributed by atoms with Crippen LogP contribution < -0.4 is 5.32 Å². The van der Waals surface area contributed by atoms with Gasteiger partial charge in [-0.05, 0) is 18.5 Å². The van der Waals surface area contributed by atoms with Gasteiger partial charge in [-0.15, -0.1) is 0 Å². The lowest BCUT2D eigenvalue weighted by molar-refractivity contribution is -0.142. The molecule has 0 radical (unpaired) electrons. The van der Waals surface area contributed by atoms with Gasteiger partial charge in [-0.25, -0.2) is 4.79 Å². The first-order valence-electron chi connectivity index (χ1n) is 7.96. The number of carbonyl (C=O) groups is 2. The second-order valence-electron chi connectivity index (χ2n) is 7.24. The number of fused-ring (bicyclic) bond motifs is 1. The lowest BCUT2D eigenvalue weighted by Gasteiger charge is -2.26. The molecule has 1 aromatic rings. The number of amides is 1. The monoisotopic (exact) mass is 416 g/mol. The number of nitrogens with zero attached hydrogens (tertiary/aromatic N) is 1. The number of halogens is 1. The molecule has 1 aliphatic rings. The van der Waals surface area contributed by atoms with Crippen LogP contribution in [0.1, 0.15) is 26.4 Å². The Bertz CT molecular complexity index is 639. The molecular formula is C16H25BrN2O4Si. The highest BCUT2D eigenvalue weighted by Crippen LogP contribution is 2.36. The van der Waals surface area contributed by atoms with E-state index in [1.165, 1.54) is 7.11 Å². The summed E-state index contributed by atoms with van der Waals surface area (Å²) in [4.78, 5) is 23.9. The van der Waals surface area contributed by atoms with E-state index in [-0.39, 0.29) is 10.7 Å². The molecule has 0 aliphatic carbocycles. The van der Waals surface area contributed by atoms with Crippen LogP contribution in [0.2, 0.25) is 25.7 Å². The fourth-order valence-corrected chi connectivity index (χ4v) is 4.08. The molecule has 1 aliphatic heterocycles. The van der Waals surface area contributed by atoms with Gasteiger partial charge in [0.2, 0.25) is 0 Å². The molecule has 0 spiro atoms. The number of alkyl halides is 1. The summed E-state index contributed by atoms with van der Waals surface area (Å²) in [5.41, 5.74) is 2.23. The molecule has 2 atom stereocenters. The van der Waals surface area contributed by atoms with Gasteiger partial charge in [0.15, 0.2) is 0 Å². The molecule has 1 aromatic heterocycles. The Morgan fingerprint density at radius 3 is 2.67 bits per heavy atom. The summed E-state index contributed by atoms with van der Waals surface area (Å²) in [7, 11) is 0.188. The van der Waals surface area contributed by atoms with Gasteiger partial charge in [0.1, 0.15) is 12.8 Å². The van der Waals surface area contributed by atoms with E-state index < -0.39 is 20.1 Å². The van der Waals surface area contributed by atoms with Crippen molar-refractivity contribution in [2.75, 3.05) is 13.7 Å². The molecule has 134 valence electrons. The Kier molecular flexibility index (Phi) is 5.93. The number of nitrogens with one attached hydrogen (secondary N) is 1. The molecule has 24 heavy (non-hydrogen) atoms. The van der Waals surface area contributed by atoms with Crippen LogP contribution in [0.25, 0.3) is 0 Å². The molecule has 0 bridgehead atoms. The minimum Gasteiger partial charge on any atom is -0.467 e.